The molecule has 30 heavy (non-hydrogen) atoms. The van der Waals surface area contributed by atoms with Gasteiger partial charge in [0.1, 0.15) is 12.6 Å². The molecule has 0 aliphatic carbocycles. The van der Waals surface area contributed by atoms with E-state index in [-0.39, 0.29) is 12.5 Å². The van der Waals surface area contributed by atoms with Crippen molar-refractivity contribution in [2.45, 2.75) is 26.0 Å². The largest absolute Gasteiger partial charge is 0.459 e. The van der Waals surface area contributed by atoms with Crippen molar-refractivity contribution in [3.8, 4) is 0 Å². The van der Waals surface area contributed by atoms with Crippen LogP contribution in [0.15, 0.2) is 72.2 Å². The second-order valence-corrected chi connectivity index (χ2v) is 8.11. The van der Waals surface area contributed by atoms with E-state index >= 15 is 0 Å². The van der Waals surface area contributed by atoms with Crippen molar-refractivity contribution < 1.29 is 14.3 Å². The summed E-state index contributed by atoms with van der Waals surface area (Å²) < 4.78 is 5.56. The lowest BCUT2D eigenvalue weighted by atomic mass is 10.0. The van der Waals surface area contributed by atoms with Crippen molar-refractivity contribution >= 4 is 34.1 Å². The van der Waals surface area contributed by atoms with Gasteiger partial charge in [0.05, 0.1) is 4.88 Å². The number of carbonyl (C=O) groups excluding carboxylic acids is 2. The summed E-state index contributed by atoms with van der Waals surface area (Å²) in [6.07, 6.45) is 2.22. The Hall–Kier alpha value is -3.38. The summed E-state index contributed by atoms with van der Waals surface area (Å²) in [7, 11) is 0. The van der Waals surface area contributed by atoms with Crippen LogP contribution in [0.4, 0.5) is 0 Å². The van der Waals surface area contributed by atoms with Crippen LogP contribution < -0.4 is 5.32 Å². The summed E-state index contributed by atoms with van der Waals surface area (Å²) in [5, 5.41) is 5.71. The minimum atomic E-state index is -0.788. The average Bonchev–Trinajstić information content (AvgIpc) is 3.42. The van der Waals surface area contributed by atoms with Crippen molar-refractivity contribution in [1.82, 2.24) is 10.3 Å². The molecule has 2 N–H and O–H groups in total. The molecule has 2 aromatic carbocycles. The predicted octanol–water partition coefficient (Wildman–Crippen LogP) is 4.62. The standard InChI is InChI=1S/C24H22N2O3S/c1-16-6-4-7-17(12-16)15-29-24(28)21(26-23(27)22-10-5-11-30-22)13-18-14-25-20-9-3-2-8-19(18)20/h2-12,14,21,25H,13,15H2,1H3,(H,26,27)/t21-/m1/s1. The van der Waals surface area contributed by atoms with E-state index in [2.05, 4.69) is 10.3 Å². The van der Waals surface area contributed by atoms with Gasteiger partial charge in [0.2, 0.25) is 0 Å². The quantitative estimate of drug-likeness (QED) is 0.430. The molecule has 0 radical (unpaired) electrons. The van der Waals surface area contributed by atoms with E-state index in [9.17, 15) is 9.59 Å². The summed E-state index contributed by atoms with van der Waals surface area (Å²) in [5.74, 6) is -0.728. The zero-order valence-electron chi connectivity index (χ0n) is 16.6. The summed E-state index contributed by atoms with van der Waals surface area (Å²) in [4.78, 5) is 29.3. The zero-order valence-corrected chi connectivity index (χ0v) is 17.4. The molecule has 1 amide bonds. The molecular formula is C24H22N2O3S. The minimum absolute atomic E-state index is 0.166. The van der Waals surface area contributed by atoms with Crippen LogP contribution in [0.2, 0.25) is 0 Å². The number of esters is 1. The summed E-state index contributed by atoms with van der Waals surface area (Å²) in [6, 6.07) is 18.5. The van der Waals surface area contributed by atoms with Crippen molar-refractivity contribution in [1.29, 1.82) is 0 Å². The highest BCUT2D eigenvalue weighted by molar-refractivity contribution is 7.12. The highest BCUT2D eigenvalue weighted by atomic mass is 32.1. The maximum absolute atomic E-state index is 12.9. The van der Waals surface area contributed by atoms with Crippen LogP contribution in [0.3, 0.4) is 0 Å². The smallest absolute Gasteiger partial charge is 0.329 e. The number of hydrogen-bond donors (Lipinski definition) is 2. The second-order valence-electron chi connectivity index (χ2n) is 7.16. The molecule has 0 unspecified atom stereocenters. The number of amides is 1. The highest BCUT2D eigenvalue weighted by Crippen LogP contribution is 2.20. The molecular weight excluding hydrogens is 396 g/mol. The minimum Gasteiger partial charge on any atom is -0.459 e. The lowest BCUT2D eigenvalue weighted by Crippen LogP contribution is -2.43. The molecule has 1 atom stereocenters. The number of carbonyl (C=O) groups is 2. The molecule has 0 fully saturated rings. The van der Waals surface area contributed by atoms with E-state index in [0.717, 1.165) is 27.6 Å². The molecule has 0 saturated heterocycles. The third-order valence-electron chi connectivity index (χ3n) is 4.90. The number of thiophene rings is 1. The molecule has 0 saturated carbocycles. The number of H-pyrrole nitrogens is 1. The summed E-state index contributed by atoms with van der Waals surface area (Å²) in [5.41, 5.74) is 3.96. The average molecular weight is 419 g/mol. The van der Waals surface area contributed by atoms with Crippen LogP contribution in [0, 0.1) is 6.92 Å². The molecule has 152 valence electrons. The zero-order chi connectivity index (χ0) is 20.9. The van der Waals surface area contributed by atoms with Crippen molar-refractivity contribution in [2.75, 3.05) is 0 Å². The summed E-state index contributed by atoms with van der Waals surface area (Å²) >= 11 is 1.34. The monoisotopic (exact) mass is 418 g/mol. The second kappa shape index (κ2) is 8.97. The topological polar surface area (TPSA) is 71.2 Å². The molecule has 0 bridgehead atoms. The number of para-hydroxylation sites is 1. The van der Waals surface area contributed by atoms with Gasteiger partial charge in [0, 0.05) is 23.5 Å². The molecule has 2 aromatic heterocycles. The molecule has 4 aromatic rings. The maximum atomic E-state index is 12.9. The first-order chi connectivity index (χ1) is 14.6. The fraction of sp³-hybridized carbons (Fsp3) is 0.167. The van der Waals surface area contributed by atoms with E-state index in [1.165, 1.54) is 11.3 Å². The number of ether oxygens (including phenoxy) is 1. The number of benzene rings is 2. The first-order valence-electron chi connectivity index (χ1n) is 9.71. The number of hydrogen-bond acceptors (Lipinski definition) is 4. The highest BCUT2D eigenvalue weighted by Gasteiger charge is 2.25. The van der Waals surface area contributed by atoms with Gasteiger partial charge in [-0.15, -0.1) is 11.3 Å². The Kier molecular flexibility index (Phi) is 5.95. The molecule has 0 spiro atoms. The van der Waals surface area contributed by atoms with Crippen LogP contribution in [-0.2, 0) is 22.6 Å². The molecule has 0 aliphatic heterocycles. The van der Waals surface area contributed by atoms with Crippen molar-refractivity contribution in [3.05, 3.63) is 93.8 Å². The van der Waals surface area contributed by atoms with Gasteiger partial charge in [-0.2, -0.15) is 0 Å². The number of rotatable bonds is 7. The number of aromatic nitrogens is 1. The number of fused-ring (bicyclic) bond motifs is 1. The van der Waals surface area contributed by atoms with E-state index in [1.54, 1.807) is 6.07 Å². The number of aryl methyl sites for hydroxylation is 1. The van der Waals surface area contributed by atoms with Crippen LogP contribution in [0.5, 0.6) is 0 Å². The molecule has 4 rings (SSSR count). The van der Waals surface area contributed by atoms with Crippen LogP contribution >= 0.6 is 11.3 Å². The SMILES string of the molecule is Cc1cccc(COC(=O)[C@@H](Cc2c[nH]c3ccccc23)NC(=O)c2cccs2)c1. The van der Waals surface area contributed by atoms with Gasteiger partial charge in [0.25, 0.3) is 5.91 Å². The Morgan fingerprint density at radius 3 is 2.77 bits per heavy atom. The molecule has 0 aliphatic rings. The van der Waals surface area contributed by atoms with Crippen molar-refractivity contribution in [2.24, 2.45) is 0 Å². The molecule has 6 heteroatoms. The van der Waals surface area contributed by atoms with Gasteiger partial charge in [-0.25, -0.2) is 4.79 Å². The Bertz CT molecular complexity index is 1160. The summed E-state index contributed by atoms with van der Waals surface area (Å²) in [6.45, 7) is 2.16. The van der Waals surface area contributed by atoms with Gasteiger partial charge in [-0.05, 0) is 35.6 Å². The third-order valence-corrected chi connectivity index (χ3v) is 5.77. The Labute approximate surface area is 178 Å². The fourth-order valence-electron chi connectivity index (χ4n) is 3.41. The normalized spacial score (nSPS) is 11.9. The first-order valence-corrected chi connectivity index (χ1v) is 10.6. The number of aromatic amines is 1. The maximum Gasteiger partial charge on any atom is 0.329 e. The van der Waals surface area contributed by atoms with Crippen LogP contribution in [-0.4, -0.2) is 22.9 Å². The van der Waals surface area contributed by atoms with Gasteiger partial charge in [0.15, 0.2) is 0 Å². The lowest BCUT2D eigenvalue weighted by molar-refractivity contribution is -0.147. The van der Waals surface area contributed by atoms with E-state index in [4.69, 9.17) is 4.74 Å². The van der Waals surface area contributed by atoms with E-state index in [0.29, 0.717) is 11.3 Å². The number of nitrogens with one attached hydrogen (secondary N) is 2. The first kappa shape index (κ1) is 19.9. The Balaban J connectivity index is 1.52. The molecule has 2 heterocycles. The van der Waals surface area contributed by atoms with Crippen molar-refractivity contribution in [3.63, 3.8) is 0 Å². The van der Waals surface area contributed by atoms with Gasteiger partial charge >= 0.3 is 5.97 Å². The fourth-order valence-corrected chi connectivity index (χ4v) is 4.03. The van der Waals surface area contributed by atoms with Gasteiger partial charge in [-0.1, -0.05) is 54.1 Å². The van der Waals surface area contributed by atoms with E-state index in [1.807, 2.05) is 73.1 Å². The van der Waals surface area contributed by atoms with E-state index < -0.39 is 12.0 Å². The third kappa shape index (κ3) is 4.60. The van der Waals surface area contributed by atoms with Crippen LogP contribution in [0.1, 0.15) is 26.4 Å². The Morgan fingerprint density at radius 1 is 1.10 bits per heavy atom. The lowest BCUT2D eigenvalue weighted by Gasteiger charge is -2.17. The van der Waals surface area contributed by atoms with Gasteiger partial charge in [-0.3, -0.25) is 4.79 Å². The predicted molar refractivity (Wildman–Crippen MR) is 119 cm³/mol. The van der Waals surface area contributed by atoms with Gasteiger partial charge < -0.3 is 15.0 Å². The molecule has 5 nitrogen and oxygen atoms in total. The Morgan fingerprint density at radius 2 is 1.97 bits per heavy atom. The van der Waals surface area contributed by atoms with Crippen LogP contribution in [0.25, 0.3) is 10.9 Å².